The Morgan fingerprint density at radius 1 is 1.22 bits per heavy atom. The minimum Gasteiger partial charge on any atom is -0.496 e. The monoisotopic (exact) mass is 250 g/mol. The molecule has 1 aromatic carbocycles. The van der Waals surface area contributed by atoms with Crippen LogP contribution < -0.4 is 4.74 Å². The smallest absolute Gasteiger partial charge is 0.313 e. The number of carbonyl (C=O) groups excluding carboxylic acids is 1. The lowest BCUT2D eigenvalue weighted by atomic mass is 9.88. The molecule has 0 saturated carbocycles. The van der Waals surface area contributed by atoms with Crippen molar-refractivity contribution in [1.82, 2.24) is 0 Å². The highest BCUT2D eigenvalue weighted by atomic mass is 16.5. The lowest BCUT2D eigenvalue weighted by Crippen LogP contribution is -2.15. The van der Waals surface area contributed by atoms with Gasteiger partial charge in [0.2, 0.25) is 0 Å². The van der Waals surface area contributed by atoms with E-state index >= 15 is 0 Å². The van der Waals surface area contributed by atoms with Gasteiger partial charge in [0.1, 0.15) is 5.75 Å². The number of hydrogen-bond acceptors (Lipinski definition) is 3. The molecule has 0 aliphatic heterocycles. The lowest BCUT2D eigenvalue weighted by molar-refractivity contribution is -0.142. The van der Waals surface area contributed by atoms with Gasteiger partial charge < -0.3 is 9.47 Å². The van der Waals surface area contributed by atoms with Crippen molar-refractivity contribution in [3.8, 4) is 5.75 Å². The molecule has 0 aliphatic carbocycles. The van der Waals surface area contributed by atoms with E-state index in [-0.39, 0.29) is 11.9 Å². The summed E-state index contributed by atoms with van der Waals surface area (Å²) in [6, 6.07) is 2.03. The van der Waals surface area contributed by atoms with Crippen molar-refractivity contribution in [3.63, 3.8) is 0 Å². The third-order valence-electron chi connectivity index (χ3n) is 3.54. The molecule has 0 heterocycles. The summed E-state index contributed by atoms with van der Waals surface area (Å²) in [5.41, 5.74) is 4.29. The van der Waals surface area contributed by atoms with Crippen molar-refractivity contribution in [2.24, 2.45) is 0 Å². The highest BCUT2D eigenvalue weighted by molar-refractivity contribution is 5.79. The van der Waals surface area contributed by atoms with E-state index in [1.165, 1.54) is 7.11 Å². The van der Waals surface area contributed by atoms with Crippen LogP contribution in [0, 0.1) is 20.8 Å². The van der Waals surface area contributed by atoms with Crippen molar-refractivity contribution < 1.29 is 14.3 Å². The maximum atomic E-state index is 11.8. The average molecular weight is 250 g/mol. The van der Waals surface area contributed by atoms with Crippen LogP contribution >= 0.6 is 0 Å². The zero-order chi connectivity index (χ0) is 13.9. The van der Waals surface area contributed by atoms with Gasteiger partial charge in [-0.05, 0) is 49.4 Å². The Labute approximate surface area is 109 Å². The van der Waals surface area contributed by atoms with Crippen LogP contribution in [0.3, 0.4) is 0 Å². The Hall–Kier alpha value is -1.51. The lowest BCUT2D eigenvalue weighted by Gasteiger charge is -2.20. The number of aryl methyl sites for hydroxylation is 1. The van der Waals surface area contributed by atoms with Gasteiger partial charge in [-0.15, -0.1) is 0 Å². The summed E-state index contributed by atoms with van der Waals surface area (Å²) in [4.78, 5) is 11.8. The molecule has 1 unspecified atom stereocenters. The van der Waals surface area contributed by atoms with E-state index in [2.05, 4.69) is 0 Å². The molecule has 0 spiro atoms. The van der Waals surface area contributed by atoms with Crippen LogP contribution in [0.5, 0.6) is 5.75 Å². The average Bonchev–Trinajstić information content (AvgIpc) is 2.36. The van der Waals surface area contributed by atoms with E-state index in [9.17, 15) is 4.79 Å². The molecule has 0 N–H and O–H groups in total. The molecule has 1 atom stereocenters. The van der Waals surface area contributed by atoms with Crippen molar-refractivity contribution >= 4 is 5.97 Å². The summed E-state index contributed by atoms with van der Waals surface area (Å²) in [6.07, 6.45) is 0.735. The molecule has 0 aliphatic rings. The second-order valence-corrected chi connectivity index (χ2v) is 4.55. The quantitative estimate of drug-likeness (QED) is 0.769. The van der Waals surface area contributed by atoms with Gasteiger partial charge in [-0.2, -0.15) is 0 Å². The van der Waals surface area contributed by atoms with Crippen molar-refractivity contribution in [2.75, 3.05) is 14.2 Å². The second kappa shape index (κ2) is 5.89. The number of benzene rings is 1. The van der Waals surface area contributed by atoms with E-state index in [0.29, 0.717) is 0 Å². The van der Waals surface area contributed by atoms with Crippen LogP contribution in [0.4, 0.5) is 0 Å². The van der Waals surface area contributed by atoms with Crippen LogP contribution in [0.1, 0.15) is 41.5 Å². The Balaban J connectivity index is 3.37. The minimum atomic E-state index is -0.196. The maximum Gasteiger partial charge on any atom is 0.313 e. The number of carbonyl (C=O) groups is 1. The van der Waals surface area contributed by atoms with Gasteiger partial charge in [0.05, 0.1) is 20.1 Å². The van der Waals surface area contributed by atoms with Gasteiger partial charge in [-0.25, -0.2) is 0 Å². The number of ether oxygens (including phenoxy) is 2. The number of hydrogen-bond donors (Lipinski definition) is 0. The zero-order valence-electron chi connectivity index (χ0n) is 12.1. The van der Waals surface area contributed by atoms with E-state index in [1.807, 2.05) is 33.8 Å². The van der Waals surface area contributed by atoms with Crippen LogP contribution in [-0.4, -0.2) is 20.2 Å². The first-order chi connectivity index (χ1) is 8.47. The van der Waals surface area contributed by atoms with Gasteiger partial charge in [0.15, 0.2) is 0 Å². The Morgan fingerprint density at radius 2 is 1.83 bits per heavy atom. The largest absolute Gasteiger partial charge is 0.496 e. The maximum absolute atomic E-state index is 11.8. The van der Waals surface area contributed by atoms with Gasteiger partial charge >= 0.3 is 5.97 Å². The van der Waals surface area contributed by atoms with Crippen LogP contribution in [0.25, 0.3) is 0 Å². The van der Waals surface area contributed by atoms with Crippen LogP contribution in [0.15, 0.2) is 6.07 Å². The Kier molecular flexibility index (Phi) is 4.76. The summed E-state index contributed by atoms with van der Waals surface area (Å²) in [5.74, 6) is 0.527. The van der Waals surface area contributed by atoms with E-state index < -0.39 is 0 Å². The molecule has 0 aromatic heterocycles. The summed E-state index contributed by atoms with van der Waals surface area (Å²) in [7, 11) is 3.11. The van der Waals surface area contributed by atoms with Crippen molar-refractivity contribution in [3.05, 3.63) is 28.3 Å². The predicted octanol–water partition coefficient (Wildman–Crippen LogP) is 3.29. The molecule has 0 amide bonds. The van der Waals surface area contributed by atoms with Crippen LogP contribution in [-0.2, 0) is 9.53 Å². The SMILES string of the molecule is CCC(C(=O)OC)c1cc(C)c(OC)c(C)c1C. The molecule has 3 nitrogen and oxygen atoms in total. The van der Waals surface area contributed by atoms with E-state index in [1.54, 1.807) is 7.11 Å². The summed E-state index contributed by atoms with van der Waals surface area (Å²) >= 11 is 0. The molecular weight excluding hydrogens is 228 g/mol. The number of methoxy groups -OCH3 is 2. The van der Waals surface area contributed by atoms with Gasteiger partial charge in [0.25, 0.3) is 0 Å². The molecule has 0 saturated heterocycles. The predicted molar refractivity (Wildman–Crippen MR) is 72.3 cm³/mol. The van der Waals surface area contributed by atoms with E-state index in [4.69, 9.17) is 9.47 Å². The molecule has 18 heavy (non-hydrogen) atoms. The molecule has 0 bridgehead atoms. The van der Waals surface area contributed by atoms with Gasteiger partial charge in [0, 0.05) is 0 Å². The van der Waals surface area contributed by atoms with E-state index in [0.717, 1.165) is 34.4 Å². The summed E-state index contributed by atoms with van der Waals surface area (Å²) in [5, 5.41) is 0. The fourth-order valence-corrected chi connectivity index (χ4v) is 2.42. The molecule has 1 aromatic rings. The fourth-order valence-electron chi connectivity index (χ4n) is 2.42. The minimum absolute atomic E-state index is 0.176. The van der Waals surface area contributed by atoms with Crippen molar-refractivity contribution in [2.45, 2.75) is 40.0 Å². The highest BCUT2D eigenvalue weighted by Crippen LogP contribution is 2.33. The number of rotatable bonds is 4. The highest BCUT2D eigenvalue weighted by Gasteiger charge is 2.23. The van der Waals surface area contributed by atoms with Gasteiger partial charge in [-0.1, -0.05) is 13.0 Å². The summed E-state index contributed by atoms with van der Waals surface area (Å²) in [6.45, 7) is 8.04. The third-order valence-corrected chi connectivity index (χ3v) is 3.54. The van der Waals surface area contributed by atoms with Crippen molar-refractivity contribution in [1.29, 1.82) is 0 Å². The van der Waals surface area contributed by atoms with Crippen LogP contribution in [0.2, 0.25) is 0 Å². The van der Waals surface area contributed by atoms with Gasteiger partial charge in [-0.3, -0.25) is 4.79 Å². The first-order valence-corrected chi connectivity index (χ1v) is 6.20. The Morgan fingerprint density at radius 3 is 2.28 bits per heavy atom. The number of esters is 1. The molecule has 0 radical (unpaired) electrons. The standard InChI is InChI=1S/C15H22O3/c1-7-12(15(16)18-6)13-8-9(2)14(17-5)11(4)10(13)3/h8,12H,7H2,1-6H3. The molecule has 3 heteroatoms. The topological polar surface area (TPSA) is 35.5 Å². The fraction of sp³-hybridized carbons (Fsp3) is 0.533. The first-order valence-electron chi connectivity index (χ1n) is 6.20. The molecule has 1 rings (SSSR count). The second-order valence-electron chi connectivity index (χ2n) is 4.55. The molecule has 0 fully saturated rings. The zero-order valence-corrected chi connectivity index (χ0v) is 12.1. The molecule has 100 valence electrons. The molecular formula is C15H22O3. The first kappa shape index (κ1) is 14.6. The Bertz CT molecular complexity index is 450. The third kappa shape index (κ3) is 2.50. The summed E-state index contributed by atoms with van der Waals surface area (Å²) < 4.78 is 10.3. The normalized spacial score (nSPS) is 12.1.